The first-order valence-electron chi connectivity index (χ1n) is 20.6. The van der Waals surface area contributed by atoms with E-state index in [1.54, 1.807) is 0 Å². The van der Waals surface area contributed by atoms with Crippen molar-refractivity contribution in [1.82, 2.24) is 0 Å². The minimum absolute atomic E-state index is 0.0790. The standard InChI is InChI=1S/C43H82O/c1-6-8-10-12-14-16-18-20-22-24-26-28-30-32-35-39(3)41-37-34-38-43(5,42(41)44)40(4)36-33-31-29-27-25-23-21-19-17-15-13-11-9-7-2/h34,37,39-40,44H,6-33,35-36,38H2,1-5H3. The molecule has 0 spiro atoms. The lowest BCUT2D eigenvalue weighted by Gasteiger charge is -2.38. The molecule has 3 atom stereocenters. The number of rotatable bonds is 32. The molecule has 0 heterocycles. The Labute approximate surface area is 278 Å². The van der Waals surface area contributed by atoms with Crippen LogP contribution in [0.1, 0.15) is 234 Å². The molecule has 1 aliphatic rings. The van der Waals surface area contributed by atoms with E-state index in [2.05, 4.69) is 46.8 Å². The fourth-order valence-corrected chi connectivity index (χ4v) is 7.53. The molecule has 0 bridgehead atoms. The molecule has 1 rings (SSSR count). The van der Waals surface area contributed by atoms with E-state index < -0.39 is 0 Å². The van der Waals surface area contributed by atoms with Crippen LogP contribution in [-0.4, -0.2) is 5.11 Å². The highest BCUT2D eigenvalue weighted by atomic mass is 16.3. The number of unbranched alkanes of at least 4 members (excludes halogenated alkanes) is 26. The second-order valence-electron chi connectivity index (χ2n) is 15.4. The molecular weight excluding hydrogens is 532 g/mol. The summed E-state index contributed by atoms with van der Waals surface area (Å²) in [6.07, 6.45) is 47.7. The normalized spacial score (nSPS) is 18.3. The van der Waals surface area contributed by atoms with Gasteiger partial charge in [-0.15, -0.1) is 0 Å². The lowest BCUT2D eigenvalue weighted by atomic mass is 9.67. The maximum Gasteiger partial charge on any atom is 0.102 e. The summed E-state index contributed by atoms with van der Waals surface area (Å²) >= 11 is 0. The lowest BCUT2D eigenvalue weighted by Crippen LogP contribution is -2.31. The van der Waals surface area contributed by atoms with Gasteiger partial charge < -0.3 is 5.11 Å². The van der Waals surface area contributed by atoms with Gasteiger partial charge in [0.1, 0.15) is 5.76 Å². The number of allylic oxidation sites excluding steroid dienone is 4. The van der Waals surface area contributed by atoms with Crippen LogP contribution >= 0.6 is 0 Å². The topological polar surface area (TPSA) is 20.2 Å². The average molecular weight is 615 g/mol. The van der Waals surface area contributed by atoms with Crippen molar-refractivity contribution < 1.29 is 5.11 Å². The Hall–Kier alpha value is -0.720. The molecule has 1 aliphatic carbocycles. The fraction of sp³-hybridized carbons (Fsp3) is 0.907. The Balaban J connectivity index is 2.13. The Morgan fingerprint density at radius 1 is 0.523 bits per heavy atom. The fourth-order valence-electron chi connectivity index (χ4n) is 7.53. The van der Waals surface area contributed by atoms with E-state index in [-0.39, 0.29) is 5.41 Å². The van der Waals surface area contributed by atoms with Gasteiger partial charge in [-0.3, -0.25) is 0 Å². The van der Waals surface area contributed by atoms with Crippen LogP contribution in [0.5, 0.6) is 0 Å². The molecule has 0 fully saturated rings. The third-order valence-electron chi connectivity index (χ3n) is 11.3. The molecule has 260 valence electrons. The lowest BCUT2D eigenvalue weighted by molar-refractivity contribution is 0.147. The van der Waals surface area contributed by atoms with Crippen molar-refractivity contribution >= 4 is 0 Å². The van der Waals surface area contributed by atoms with Gasteiger partial charge in [0.05, 0.1) is 0 Å². The molecule has 0 aromatic rings. The Morgan fingerprint density at radius 2 is 0.841 bits per heavy atom. The van der Waals surface area contributed by atoms with Crippen LogP contribution in [0.2, 0.25) is 0 Å². The van der Waals surface area contributed by atoms with Crippen molar-refractivity contribution in [1.29, 1.82) is 0 Å². The van der Waals surface area contributed by atoms with Crippen molar-refractivity contribution in [2.45, 2.75) is 234 Å². The SMILES string of the molecule is CCCCCCCCCCCCCCCCC(C)C1=C(O)C(C)(C(C)CCCCCCCCCCCCCCCC)CC=C1. The van der Waals surface area contributed by atoms with Gasteiger partial charge in [0, 0.05) is 5.41 Å². The van der Waals surface area contributed by atoms with Gasteiger partial charge in [-0.1, -0.05) is 227 Å². The quantitative estimate of drug-likeness (QED) is 0.0747. The summed E-state index contributed by atoms with van der Waals surface area (Å²) in [5.74, 6) is 1.72. The first kappa shape index (κ1) is 41.3. The van der Waals surface area contributed by atoms with Gasteiger partial charge >= 0.3 is 0 Å². The zero-order chi connectivity index (χ0) is 32.1. The summed E-state index contributed by atoms with van der Waals surface area (Å²) in [6.45, 7) is 11.7. The van der Waals surface area contributed by atoms with Crippen molar-refractivity contribution in [2.75, 3.05) is 0 Å². The highest BCUT2D eigenvalue weighted by molar-refractivity contribution is 5.33. The number of hydrogen-bond donors (Lipinski definition) is 1. The Morgan fingerprint density at radius 3 is 1.20 bits per heavy atom. The molecule has 0 aliphatic heterocycles. The summed E-state index contributed by atoms with van der Waals surface area (Å²) < 4.78 is 0. The predicted molar refractivity (Wildman–Crippen MR) is 200 cm³/mol. The third kappa shape index (κ3) is 19.7. The predicted octanol–water partition coefficient (Wildman–Crippen LogP) is 15.8. The highest BCUT2D eigenvalue weighted by Crippen LogP contribution is 2.46. The summed E-state index contributed by atoms with van der Waals surface area (Å²) in [4.78, 5) is 0. The van der Waals surface area contributed by atoms with Crippen LogP contribution in [0.15, 0.2) is 23.5 Å². The largest absolute Gasteiger partial charge is 0.511 e. The van der Waals surface area contributed by atoms with Gasteiger partial charge in [-0.25, -0.2) is 0 Å². The third-order valence-corrected chi connectivity index (χ3v) is 11.3. The van der Waals surface area contributed by atoms with Crippen molar-refractivity contribution in [3.63, 3.8) is 0 Å². The smallest absolute Gasteiger partial charge is 0.102 e. The summed E-state index contributed by atoms with van der Waals surface area (Å²) in [5, 5.41) is 11.5. The van der Waals surface area contributed by atoms with Gasteiger partial charge in [0.25, 0.3) is 0 Å². The van der Waals surface area contributed by atoms with Crippen molar-refractivity contribution in [3.05, 3.63) is 23.5 Å². The van der Waals surface area contributed by atoms with E-state index in [9.17, 15) is 5.11 Å². The van der Waals surface area contributed by atoms with Crippen LogP contribution in [0.3, 0.4) is 0 Å². The first-order valence-corrected chi connectivity index (χ1v) is 20.6. The van der Waals surface area contributed by atoms with Gasteiger partial charge in [0.2, 0.25) is 0 Å². The molecule has 0 saturated carbocycles. The highest BCUT2D eigenvalue weighted by Gasteiger charge is 2.38. The van der Waals surface area contributed by atoms with Crippen molar-refractivity contribution in [2.24, 2.45) is 17.3 Å². The minimum atomic E-state index is -0.0790. The molecule has 1 N–H and O–H groups in total. The molecule has 44 heavy (non-hydrogen) atoms. The summed E-state index contributed by atoms with van der Waals surface area (Å²) in [6, 6.07) is 0. The van der Waals surface area contributed by atoms with E-state index >= 15 is 0 Å². The van der Waals surface area contributed by atoms with Crippen LogP contribution in [-0.2, 0) is 0 Å². The van der Waals surface area contributed by atoms with Crippen LogP contribution in [0.4, 0.5) is 0 Å². The van der Waals surface area contributed by atoms with E-state index in [1.165, 1.54) is 198 Å². The van der Waals surface area contributed by atoms with E-state index in [0.717, 1.165) is 12.2 Å². The Kier molecular flexibility index (Phi) is 26.8. The second-order valence-corrected chi connectivity index (χ2v) is 15.4. The van der Waals surface area contributed by atoms with E-state index in [0.29, 0.717) is 11.8 Å². The molecule has 0 saturated heterocycles. The maximum atomic E-state index is 11.5. The maximum absolute atomic E-state index is 11.5. The van der Waals surface area contributed by atoms with E-state index in [1.807, 2.05) is 0 Å². The molecule has 0 radical (unpaired) electrons. The zero-order valence-electron chi connectivity index (χ0n) is 31.2. The molecule has 0 aromatic heterocycles. The second kappa shape index (κ2) is 28.5. The van der Waals surface area contributed by atoms with Gasteiger partial charge in [0.15, 0.2) is 0 Å². The number of aliphatic hydroxyl groups is 1. The van der Waals surface area contributed by atoms with Crippen LogP contribution < -0.4 is 0 Å². The average Bonchev–Trinajstić information content (AvgIpc) is 3.02. The Bertz CT molecular complexity index is 689. The van der Waals surface area contributed by atoms with Gasteiger partial charge in [-0.05, 0) is 36.7 Å². The minimum Gasteiger partial charge on any atom is -0.511 e. The van der Waals surface area contributed by atoms with E-state index in [4.69, 9.17) is 0 Å². The van der Waals surface area contributed by atoms with Gasteiger partial charge in [-0.2, -0.15) is 0 Å². The molecule has 1 heteroatoms. The molecule has 3 unspecified atom stereocenters. The van der Waals surface area contributed by atoms with Crippen LogP contribution in [0, 0.1) is 17.3 Å². The van der Waals surface area contributed by atoms with Crippen LogP contribution in [0.25, 0.3) is 0 Å². The summed E-state index contributed by atoms with van der Waals surface area (Å²) in [5.41, 5.74) is 1.16. The molecule has 0 amide bonds. The summed E-state index contributed by atoms with van der Waals surface area (Å²) in [7, 11) is 0. The number of aliphatic hydroxyl groups excluding tert-OH is 1. The number of hydrogen-bond acceptors (Lipinski definition) is 1. The van der Waals surface area contributed by atoms with Crippen molar-refractivity contribution in [3.8, 4) is 0 Å². The molecule has 1 nitrogen and oxygen atoms in total. The zero-order valence-corrected chi connectivity index (χ0v) is 31.2. The molecular formula is C43H82O. The first-order chi connectivity index (χ1) is 21.5. The monoisotopic (exact) mass is 615 g/mol. The molecule has 0 aromatic carbocycles.